The van der Waals surface area contributed by atoms with Gasteiger partial charge in [-0.2, -0.15) is 0 Å². The summed E-state index contributed by atoms with van der Waals surface area (Å²) in [5.41, 5.74) is 0.525. The molecular formula is C5H3N4O+. The first-order valence-electron chi connectivity index (χ1n) is 2.72. The summed E-state index contributed by atoms with van der Waals surface area (Å²) >= 11 is 0. The lowest BCUT2D eigenvalue weighted by Gasteiger charge is -1.77. The van der Waals surface area contributed by atoms with Crippen molar-refractivity contribution in [2.75, 3.05) is 0 Å². The molecule has 0 spiro atoms. The van der Waals surface area contributed by atoms with E-state index in [9.17, 15) is 4.91 Å². The Bertz CT molecular complexity index is 319. The van der Waals surface area contributed by atoms with Crippen molar-refractivity contribution in [2.45, 2.75) is 0 Å². The van der Waals surface area contributed by atoms with Crippen LogP contribution in [0.15, 0.2) is 28.7 Å². The van der Waals surface area contributed by atoms with Gasteiger partial charge in [-0.25, -0.2) is 0 Å². The van der Waals surface area contributed by atoms with E-state index in [0.29, 0.717) is 10.6 Å². The Hall–Kier alpha value is -1.65. The highest BCUT2D eigenvalue weighted by Gasteiger charge is 2.25. The fraction of sp³-hybridized carbons (Fsp3) is 0. The first-order chi connectivity index (χ1) is 4.88. The quantitative estimate of drug-likeness (QED) is 0.506. The van der Waals surface area contributed by atoms with Crippen molar-refractivity contribution in [1.82, 2.24) is 4.98 Å². The molecule has 1 aromatic rings. The van der Waals surface area contributed by atoms with E-state index in [0.717, 1.165) is 0 Å². The molecule has 0 N–H and O–H groups in total. The van der Waals surface area contributed by atoms with Crippen molar-refractivity contribution in [1.29, 1.82) is 0 Å². The predicted molar refractivity (Wildman–Crippen MR) is 32.0 cm³/mol. The van der Waals surface area contributed by atoms with Gasteiger partial charge in [0, 0.05) is 5.11 Å². The van der Waals surface area contributed by atoms with Crippen LogP contribution in [0.3, 0.4) is 0 Å². The average Bonchev–Trinajstić information content (AvgIpc) is 2.34. The zero-order valence-electron chi connectivity index (χ0n) is 4.93. The van der Waals surface area contributed by atoms with Crippen LogP contribution in [-0.2, 0) is 0 Å². The minimum absolute atomic E-state index is 0.266. The van der Waals surface area contributed by atoms with Gasteiger partial charge < -0.3 is 0 Å². The van der Waals surface area contributed by atoms with Crippen LogP contribution in [0.1, 0.15) is 0 Å². The summed E-state index contributed by atoms with van der Waals surface area (Å²) in [6.07, 6.45) is 1.53. The molecule has 1 aliphatic rings. The van der Waals surface area contributed by atoms with Gasteiger partial charge in [0.05, 0.1) is 0 Å². The van der Waals surface area contributed by atoms with Crippen molar-refractivity contribution in [3.63, 3.8) is 0 Å². The third-order valence-corrected chi connectivity index (χ3v) is 1.18. The molecule has 2 heterocycles. The zero-order chi connectivity index (χ0) is 6.97. The van der Waals surface area contributed by atoms with E-state index in [1.54, 1.807) is 12.1 Å². The summed E-state index contributed by atoms with van der Waals surface area (Å²) in [6, 6.07) is 3.39. The monoisotopic (exact) mass is 135 g/mol. The molecule has 10 heavy (non-hydrogen) atoms. The number of hydrogen-bond acceptors (Lipinski definition) is 3. The number of fused-ring (bicyclic) bond motifs is 1. The number of pyridine rings is 1. The van der Waals surface area contributed by atoms with E-state index in [4.69, 9.17) is 0 Å². The third kappa shape index (κ3) is 0.540. The highest BCUT2D eigenvalue weighted by molar-refractivity contribution is 5.51. The molecule has 1 aromatic heterocycles. The molecule has 0 amide bonds. The van der Waals surface area contributed by atoms with E-state index in [1.807, 2.05) is 0 Å². The van der Waals surface area contributed by atoms with E-state index >= 15 is 0 Å². The second kappa shape index (κ2) is 1.66. The summed E-state index contributed by atoms with van der Waals surface area (Å²) < 4.78 is 0. The molecule has 0 radical (unpaired) electrons. The van der Waals surface area contributed by atoms with Crippen LogP contribution in [0.5, 0.6) is 0 Å². The van der Waals surface area contributed by atoms with Gasteiger partial charge in [-0.1, -0.05) is 4.91 Å². The Morgan fingerprint density at radius 3 is 3.20 bits per heavy atom. The summed E-state index contributed by atoms with van der Waals surface area (Å²) in [6.45, 7) is 0. The van der Waals surface area contributed by atoms with E-state index < -0.39 is 0 Å². The Morgan fingerprint density at radius 2 is 2.40 bits per heavy atom. The molecule has 5 heteroatoms. The Balaban J connectivity index is 2.70. The van der Waals surface area contributed by atoms with Gasteiger partial charge in [0.1, 0.15) is 16.3 Å². The number of nitrogens with zero attached hydrogens (tertiary/aromatic N) is 4. The van der Waals surface area contributed by atoms with Gasteiger partial charge in [-0.3, -0.25) is 0 Å². The Labute approximate surface area is 56.0 Å². The SMILES string of the molecule is O=[N+]1N=Nc2cccnc21. The molecule has 0 bridgehead atoms. The van der Waals surface area contributed by atoms with E-state index in [1.165, 1.54) is 6.20 Å². The topological polar surface area (TPSA) is 57.7 Å². The number of hydrogen-bond donors (Lipinski definition) is 0. The van der Waals surface area contributed by atoms with Crippen LogP contribution in [-0.4, -0.2) is 9.85 Å². The molecular weight excluding hydrogens is 132 g/mol. The van der Waals surface area contributed by atoms with Crippen LogP contribution in [0.25, 0.3) is 0 Å². The molecule has 48 valence electrons. The summed E-state index contributed by atoms with van der Waals surface area (Å²) in [7, 11) is 0. The number of aromatic nitrogens is 1. The summed E-state index contributed by atoms with van der Waals surface area (Å²) in [5.74, 6) is 0.266. The molecule has 0 aliphatic carbocycles. The van der Waals surface area contributed by atoms with E-state index in [-0.39, 0.29) is 5.82 Å². The molecule has 0 aromatic carbocycles. The van der Waals surface area contributed by atoms with Gasteiger partial charge >= 0.3 is 5.82 Å². The number of rotatable bonds is 0. The molecule has 0 saturated carbocycles. The van der Waals surface area contributed by atoms with Gasteiger partial charge in [-0.15, -0.1) is 4.98 Å². The van der Waals surface area contributed by atoms with Crippen molar-refractivity contribution in [3.05, 3.63) is 23.2 Å². The highest BCUT2D eigenvalue weighted by Crippen LogP contribution is 2.29. The largest absolute Gasteiger partial charge is 0.373 e. The van der Waals surface area contributed by atoms with Gasteiger partial charge in [0.25, 0.3) is 0 Å². The number of nitroso groups, excluding NO2 is 1. The van der Waals surface area contributed by atoms with Crippen molar-refractivity contribution >= 4 is 11.5 Å². The zero-order valence-corrected chi connectivity index (χ0v) is 4.93. The average molecular weight is 135 g/mol. The van der Waals surface area contributed by atoms with Crippen LogP contribution in [0.2, 0.25) is 0 Å². The molecule has 0 unspecified atom stereocenters. The normalized spacial score (nSPS) is 13.8. The standard InChI is InChI=1S/C5H3N4O/c10-9-5-4(7-8-9)2-1-3-6-5/h1-3H/q+1. The molecule has 5 nitrogen and oxygen atoms in total. The summed E-state index contributed by atoms with van der Waals surface area (Å²) in [5, 5.41) is 6.80. The predicted octanol–water partition coefficient (Wildman–Crippen LogP) is 1.50. The minimum atomic E-state index is 0.266. The van der Waals surface area contributed by atoms with Crippen LogP contribution in [0, 0.1) is 4.91 Å². The third-order valence-electron chi connectivity index (χ3n) is 1.18. The molecule has 0 saturated heterocycles. The first-order valence-corrected chi connectivity index (χ1v) is 2.72. The van der Waals surface area contributed by atoms with Gasteiger partial charge in [0.2, 0.25) is 5.69 Å². The maximum atomic E-state index is 10.7. The fourth-order valence-corrected chi connectivity index (χ4v) is 0.745. The molecule has 2 rings (SSSR count). The second-order valence-electron chi connectivity index (χ2n) is 1.81. The maximum absolute atomic E-state index is 10.7. The fourth-order valence-electron chi connectivity index (χ4n) is 0.745. The van der Waals surface area contributed by atoms with Crippen molar-refractivity contribution in [2.24, 2.45) is 10.3 Å². The van der Waals surface area contributed by atoms with Crippen LogP contribution < -0.4 is 0 Å². The van der Waals surface area contributed by atoms with Crippen molar-refractivity contribution < 1.29 is 4.87 Å². The lowest BCUT2D eigenvalue weighted by atomic mass is 10.4. The Kier molecular flexibility index (Phi) is 0.858. The maximum Gasteiger partial charge on any atom is 0.373 e. The smallest absolute Gasteiger partial charge is 0.103 e. The van der Waals surface area contributed by atoms with Crippen LogP contribution in [0.4, 0.5) is 11.5 Å². The summed E-state index contributed by atoms with van der Waals surface area (Å²) in [4.78, 5) is 14.8. The highest BCUT2D eigenvalue weighted by atomic mass is 16.3. The lowest BCUT2D eigenvalue weighted by molar-refractivity contribution is -0.473. The van der Waals surface area contributed by atoms with Gasteiger partial charge in [-0.05, 0) is 12.1 Å². The van der Waals surface area contributed by atoms with Gasteiger partial charge in [0.15, 0.2) is 0 Å². The molecule has 0 fully saturated rings. The second-order valence-corrected chi connectivity index (χ2v) is 1.81. The molecule has 0 atom stereocenters. The van der Waals surface area contributed by atoms with Crippen molar-refractivity contribution in [3.8, 4) is 0 Å². The lowest BCUT2D eigenvalue weighted by Crippen LogP contribution is -1.85. The van der Waals surface area contributed by atoms with E-state index in [2.05, 4.69) is 15.3 Å². The minimum Gasteiger partial charge on any atom is -0.103 e. The van der Waals surface area contributed by atoms with Crippen LogP contribution >= 0.6 is 0 Å². The first kappa shape index (κ1) is 5.16. The molecule has 1 aliphatic heterocycles. The Morgan fingerprint density at radius 1 is 1.50 bits per heavy atom.